The zero-order valence-corrected chi connectivity index (χ0v) is 10.6. The van der Waals surface area contributed by atoms with Crippen LogP contribution in [0.5, 0.6) is 11.5 Å². The Morgan fingerprint density at radius 3 is 2.78 bits per heavy atom. The van der Waals surface area contributed by atoms with E-state index in [2.05, 4.69) is 29.1 Å². The van der Waals surface area contributed by atoms with E-state index in [9.17, 15) is 0 Å². The van der Waals surface area contributed by atoms with Gasteiger partial charge in [0.05, 0.1) is 17.1 Å². The highest BCUT2D eigenvalue weighted by Crippen LogP contribution is 2.34. The number of ether oxygens (including phenoxy) is 2. The van der Waals surface area contributed by atoms with Crippen LogP contribution in [0.1, 0.15) is 25.7 Å². The van der Waals surface area contributed by atoms with Gasteiger partial charge in [0.25, 0.3) is 0 Å². The predicted octanol–water partition coefficient (Wildman–Crippen LogP) is 2.00. The minimum Gasteiger partial charge on any atom is -0.486 e. The molecule has 3 rings (SSSR count). The molecule has 96 valence electrons. The molecule has 0 spiro atoms. The van der Waals surface area contributed by atoms with Gasteiger partial charge in [-0.3, -0.25) is 0 Å². The number of benzene rings is 1. The molecule has 5 heteroatoms. The lowest BCUT2D eigenvalue weighted by Crippen LogP contribution is -2.18. The highest BCUT2D eigenvalue weighted by atomic mass is 16.6. The largest absolute Gasteiger partial charge is 0.486 e. The number of fused-ring (bicyclic) bond motifs is 2. The van der Waals surface area contributed by atoms with Crippen LogP contribution in [0.3, 0.4) is 0 Å². The third-order valence-electron chi connectivity index (χ3n) is 3.08. The first-order valence-corrected chi connectivity index (χ1v) is 6.30. The molecule has 0 radical (unpaired) electrons. The van der Waals surface area contributed by atoms with Gasteiger partial charge < -0.3 is 19.8 Å². The number of aromatic amines is 1. The first kappa shape index (κ1) is 11.3. The first-order valence-electron chi connectivity index (χ1n) is 6.30. The van der Waals surface area contributed by atoms with Crippen molar-refractivity contribution in [2.45, 2.75) is 19.9 Å². The number of aromatic nitrogens is 2. The van der Waals surface area contributed by atoms with Gasteiger partial charge in [0, 0.05) is 12.1 Å². The van der Waals surface area contributed by atoms with Crippen molar-refractivity contribution in [2.24, 2.45) is 0 Å². The molecule has 1 unspecified atom stereocenters. The molecule has 2 N–H and O–H groups in total. The summed E-state index contributed by atoms with van der Waals surface area (Å²) in [6, 6.07) is 4.10. The number of nitrogens with one attached hydrogen (secondary N) is 2. The topological polar surface area (TPSA) is 59.2 Å². The fourth-order valence-corrected chi connectivity index (χ4v) is 2.17. The second-order valence-corrected chi connectivity index (χ2v) is 4.41. The summed E-state index contributed by atoms with van der Waals surface area (Å²) in [6.45, 7) is 6.30. The molecule has 0 amide bonds. The Balaban J connectivity index is 2.01. The number of hydrogen-bond donors (Lipinski definition) is 2. The zero-order chi connectivity index (χ0) is 12.5. The van der Waals surface area contributed by atoms with Crippen LogP contribution in [0, 0.1) is 0 Å². The van der Waals surface area contributed by atoms with Gasteiger partial charge in [-0.15, -0.1) is 0 Å². The molecule has 2 heterocycles. The van der Waals surface area contributed by atoms with Crippen LogP contribution in [0.15, 0.2) is 12.1 Å². The molecular formula is C13H17N3O2. The van der Waals surface area contributed by atoms with Crippen LogP contribution in [0.4, 0.5) is 0 Å². The Hall–Kier alpha value is -1.75. The van der Waals surface area contributed by atoms with E-state index in [4.69, 9.17) is 9.47 Å². The Kier molecular flexibility index (Phi) is 2.83. The van der Waals surface area contributed by atoms with E-state index in [1.165, 1.54) is 0 Å². The van der Waals surface area contributed by atoms with Gasteiger partial charge in [0.15, 0.2) is 11.5 Å². The summed E-state index contributed by atoms with van der Waals surface area (Å²) in [4.78, 5) is 7.91. The molecule has 1 aromatic carbocycles. The first-order chi connectivity index (χ1) is 8.78. The lowest BCUT2D eigenvalue weighted by Gasteiger charge is -2.17. The van der Waals surface area contributed by atoms with Crippen LogP contribution in [-0.4, -0.2) is 29.7 Å². The van der Waals surface area contributed by atoms with Gasteiger partial charge in [0.2, 0.25) is 0 Å². The fraction of sp³-hybridized carbons (Fsp3) is 0.462. The quantitative estimate of drug-likeness (QED) is 0.871. The summed E-state index contributed by atoms with van der Waals surface area (Å²) in [5.41, 5.74) is 1.90. The maximum atomic E-state index is 5.56. The summed E-state index contributed by atoms with van der Waals surface area (Å²) in [5.74, 6) is 2.51. The Labute approximate surface area is 106 Å². The highest BCUT2D eigenvalue weighted by molar-refractivity contribution is 5.80. The number of rotatable bonds is 3. The van der Waals surface area contributed by atoms with E-state index in [-0.39, 0.29) is 6.04 Å². The average Bonchev–Trinajstić information content (AvgIpc) is 2.79. The third-order valence-corrected chi connectivity index (χ3v) is 3.08. The third kappa shape index (κ3) is 1.90. The Morgan fingerprint density at radius 2 is 2.06 bits per heavy atom. The molecule has 0 saturated heterocycles. The smallest absolute Gasteiger partial charge is 0.163 e. The average molecular weight is 247 g/mol. The molecule has 18 heavy (non-hydrogen) atoms. The molecule has 0 saturated carbocycles. The molecule has 1 atom stereocenters. The van der Waals surface area contributed by atoms with E-state index in [1.54, 1.807) is 0 Å². The molecular weight excluding hydrogens is 230 g/mol. The summed E-state index contributed by atoms with van der Waals surface area (Å²) < 4.78 is 11.1. The van der Waals surface area contributed by atoms with Crippen LogP contribution in [0.2, 0.25) is 0 Å². The number of hydrogen-bond acceptors (Lipinski definition) is 4. The maximum absolute atomic E-state index is 5.56. The Morgan fingerprint density at radius 1 is 1.33 bits per heavy atom. The van der Waals surface area contributed by atoms with Crippen molar-refractivity contribution in [1.29, 1.82) is 0 Å². The number of nitrogens with zero attached hydrogens (tertiary/aromatic N) is 1. The number of imidazole rings is 1. The highest BCUT2D eigenvalue weighted by Gasteiger charge is 2.16. The molecule has 0 fully saturated rings. The summed E-state index contributed by atoms with van der Waals surface area (Å²) in [6.07, 6.45) is 0. The van der Waals surface area contributed by atoms with Crippen molar-refractivity contribution >= 4 is 11.0 Å². The van der Waals surface area contributed by atoms with Gasteiger partial charge >= 0.3 is 0 Å². The maximum Gasteiger partial charge on any atom is 0.163 e. The van der Waals surface area contributed by atoms with Gasteiger partial charge in [-0.1, -0.05) is 6.92 Å². The van der Waals surface area contributed by atoms with Gasteiger partial charge in [0.1, 0.15) is 19.0 Å². The van der Waals surface area contributed by atoms with Gasteiger partial charge in [-0.05, 0) is 13.5 Å². The van der Waals surface area contributed by atoms with E-state index in [1.807, 2.05) is 12.1 Å². The van der Waals surface area contributed by atoms with E-state index in [0.29, 0.717) is 13.2 Å². The molecule has 1 aromatic heterocycles. The van der Waals surface area contributed by atoms with E-state index >= 15 is 0 Å². The second-order valence-electron chi connectivity index (χ2n) is 4.41. The standard InChI is InChI=1S/C13H17N3O2/c1-3-14-8(2)13-15-9-6-11-12(7-10(9)16-13)18-5-4-17-11/h6-8,14H,3-5H2,1-2H3,(H,15,16). The SMILES string of the molecule is CCNC(C)c1nc2cc3c(cc2[nH]1)OCCO3. The monoisotopic (exact) mass is 247 g/mol. The van der Waals surface area contributed by atoms with Crippen molar-refractivity contribution < 1.29 is 9.47 Å². The van der Waals surface area contributed by atoms with Crippen LogP contribution < -0.4 is 14.8 Å². The van der Waals surface area contributed by atoms with Gasteiger partial charge in [-0.25, -0.2) is 4.98 Å². The van der Waals surface area contributed by atoms with E-state index < -0.39 is 0 Å². The van der Waals surface area contributed by atoms with Crippen LogP contribution >= 0.6 is 0 Å². The lowest BCUT2D eigenvalue weighted by atomic mass is 10.2. The number of H-pyrrole nitrogens is 1. The predicted molar refractivity (Wildman–Crippen MR) is 69.2 cm³/mol. The molecule has 5 nitrogen and oxygen atoms in total. The molecule has 1 aliphatic rings. The van der Waals surface area contributed by atoms with Crippen molar-refractivity contribution in [3.63, 3.8) is 0 Å². The lowest BCUT2D eigenvalue weighted by molar-refractivity contribution is 0.172. The Bertz CT molecular complexity index is 522. The van der Waals surface area contributed by atoms with Crippen molar-refractivity contribution in [3.05, 3.63) is 18.0 Å². The molecule has 0 bridgehead atoms. The summed E-state index contributed by atoms with van der Waals surface area (Å²) in [7, 11) is 0. The molecule has 2 aromatic rings. The zero-order valence-electron chi connectivity index (χ0n) is 10.6. The van der Waals surface area contributed by atoms with Crippen molar-refractivity contribution in [1.82, 2.24) is 15.3 Å². The van der Waals surface area contributed by atoms with Crippen LogP contribution in [0.25, 0.3) is 11.0 Å². The minimum atomic E-state index is 0.210. The second kappa shape index (κ2) is 4.49. The summed E-state index contributed by atoms with van der Waals surface area (Å²) in [5, 5.41) is 3.34. The molecule has 1 aliphatic heterocycles. The summed E-state index contributed by atoms with van der Waals surface area (Å²) >= 11 is 0. The fourth-order valence-electron chi connectivity index (χ4n) is 2.17. The molecule has 0 aliphatic carbocycles. The van der Waals surface area contributed by atoms with Crippen LogP contribution in [-0.2, 0) is 0 Å². The van der Waals surface area contributed by atoms with Crippen molar-refractivity contribution in [3.8, 4) is 11.5 Å². The minimum absolute atomic E-state index is 0.210. The van der Waals surface area contributed by atoms with Crippen molar-refractivity contribution in [2.75, 3.05) is 19.8 Å². The normalized spacial score (nSPS) is 15.9. The van der Waals surface area contributed by atoms with E-state index in [0.717, 1.165) is 34.9 Å². The van der Waals surface area contributed by atoms with Gasteiger partial charge in [-0.2, -0.15) is 0 Å².